The molecule has 4 bridgehead atoms. The first kappa shape index (κ1) is 17.3. The molecule has 2 amide bonds. The van der Waals surface area contributed by atoms with Gasteiger partial charge in [0.15, 0.2) is 0 Å². The summed E-state index contributed by atoms with van der Waals surface area (Å²) in [5.41, 5.74) is 5.41. The fraction of sp³-hybridized carbons (Fsp3) is 0.524. The van der Waals surface area contributed by atoms with Crippen molar-refractivity contribution in [2.24, 2.45) is 23.2 Å². The highest BCUT2D eigenvalue weighted by Gasteiger charge is 2.51. The predicted octanol–water partition coefficient (Wildman–Crippen LogP) is 3.59. The van der Waals surface area contributed by atoms with Crippen LogP contribution >= 0.6 is 0 Å². The zero-order chi connectivity index (χ0) is 18.1. The smallest absolute Gasteiger partial charge is 0.262 e. The number of benzene rings is 1. The van der Waals surface area contributed by atoms with Gasteiger partial charge >= 0.3 is 0 Å². The van der Waals surface area contributed by atoms with Crippen LogP contribution in [0.5, 0.6) is 0 Å². The van der Waals surface area contributed by atoms with Gasteiger partial charge in [0.2, 0.25) is 5.91 Å². The van der Waals surface area contributed by atoms with Crippen LogP contribution in [0.25, 0.3) is 6.08 Å². The number of carbonyl (C=O) groups excluding carboxylic acids is 2. The van der Waals surface area contributed by atoms with Crippen LogP contribution in [0.3, 0.4) is 0 Å². The average Bonchev–Trinajstić information content (AvgIpc) is 2.57. The fourth-order valence-corrected chi connectivity index (χ4v) is 5.84. The van der Waals surface area contributed by atoms with Crippen LogP contribution in [0.2, 0.25) is 0 Å². The van der Waals surface area contributed by atoms with Crippen LogP contribution in [0.1, 0.15) is 50.5 Å². The Hall–Kier alpha value is -2.17. The van der Waals surface area contributed by atoms with Crippen LogP contribution in [0, 0.1) is 29.0 Å². The molecule has 2 N–H and O–H groups in total. The third kappa shape index (κ3) is 3.67. The van der Waals surface area contributed by atoms with Gasteiger partial charge < -0.3 is 0 Å². The molecule has 0 aliphatic heterocycles. The Balaban J connectivity index is 1.28. The van der Waals surface area contributed by atoms with Crippen LogP contribution in [-0.4, -0.2) is 11.8 Å². The highest BCUT2D eigenvalue weighted by Crippen LogP contribution is 2.61. The van der Waals surface area contributed by atoms with Gasteiger partial charge in [-0.2, -0.15) is 0 Å². The molecule has 0 aromatic heterocycles. The summed E-state index contributed by atoms with van der Waals surface area (Å²) < 4.78 is 13.5. The highest BCUT2D eigenvalue weighted by molar-refractivity contribution is 5.93. The minimum Gasteiger partial charge on any atom is -0.273 e. The van der Waals surface area contributed by atoms with Gasteiger partial charge in [0.1, 0.15) is 5.82 Å². The monoisotopic (exact) mass is 356 g/mol. The predicted molar refractivity (Wildman–Crippen MR) is 96.9 cm³/mol. The molecular formula is C21H25FN2O2. The summed E-state index contributed by atoms with van der Waals surface area (Å²) in [6, 6.07) is 6.22. The molecule has 4 aliphatic rings. The van der Waals surface area contributed by atoms with Crippen molar-refractivity contribution in [1.29, 1.82) is 0 Å². The van der Waals surface area contributed by atoms with Gasteiger partial charge in [-0.15, -0.1) is 0 Å². The number of hydrazine groups is 1. The lowest BCUT2D eigenvalue weighted by Gasteiger charge is -2.56. The van der Waals surface area contributed by atoms with E-state index in [0.717, 1.165) is 37.0 Å². The summed E-state index contributed by atoms with van der Waals surface area (Å²) in [7, 11) is 0. The Kier molecular flexibility index (Phi) is 4.55. The van der Waals surface area contributed by atoms with E-state index in [1.54, 1.807) is 18.2 Å². The van der Waals surface area contributed by atoms with E-state index in [4.69, 9.17) is 0 Å². The largest absolute Gasteiger partial charge is 0.273 e. The van der Waals surface area contributed by atoms with Crippen molar-refractivity contribution in [3.63, 3.8) is 0 Å². The van der Waals surface area contributed by atoms with Crippen LogP contribution < -0.4 is 10.9 Å². The Bertz CT molecular complexity index is 708. The van der Waals surface area contributed by atoms with Gasteiger partial charge in [-0.25, -0.2) is 4.39 Å². The second-order valence-corrected chi connectivity index (χ2v) is 8.49. The zero-order valence-electron chi connectivity index (χ0n) is 14.8. The first-order valence-electron chi connectivity index (χ1n) is 9.53. The Morgan fingerprint density at radius 2 is 1.65 bits per heavy atom. The van der Waals surface area contributed by atoms with E-state index in [9.17, 15) is 14.0 Å². The lowest BCUT2D eigenvalue weighted by Crippen LogP contribution is -2.49. The van der Waals surface area contributed by atoms with Gasteiger partial charge in [-0.05, 0) is 73.8 Å². The first-order chi connectivity index (χ1) is 12.5. The van der Waals surface area contributed by atoms with Crippen LogP contribution in [0.4, 0.5) is 4.39 Å². The number of amides is 2. The highest BCUT2D eigenvalue weighted by atomic mass is 19.1. The maximum Gasteiger partial charge on any atom is 0.262 e. The topological polar surface area (TPSA) is 58.2 Å². The number of nitrogens with one attached hydrogen (secondary N) is 2. The number of hydrogen-bond acceptors (Lipinski definition) is 2. The molecule has 138 valence electrons. The molecule has 26 heavy (non-hydrogen) atoms. The molecule has 5 heteroatoms. The molecular weight excluding hydrogens is 331 g/mol. The molecule has 5 rings (SSSR count). The van der Waals surface area contributed by atoms with E-state index in [2.05, 4.69) is 10.9 Å². The standard InChI is InChI=1S/C21H25FN2O2/c22-18-4-2-1-3-17(18)5-6-19(25)23-24-20(26)13-21-10-14-7-15(11-21)9-16(8-14)12-21/h1-6,14-16H,7-13H2,(H,23,25)(H,24,26)/b6-5+. The van der Waals surface area contributed by atoms with Crippen molar-refractivity contribution in [1.82, 2.24) is 10.9 Å². The van der Waals surface area contributed by atoms with Gasteiger partial charge in [0.25, 0.3) is 5.91 Å². The molecule has 4 fully saturated rings. The molecule has 0 spiro atoms. The van der Waals surface area contributed by atoms with Crippen molar-refractivity contribution in [2.75, 3.05) is 0 Å². The Morgan fingerprint density at radius 3 is 2.27 bits per heavy atom. The van der Waals surface area contributed by atoms with Crippen molar-refractivity contribution < 1.29 is 14.0 Å². The van der Waals surface area contributed by atoms with E-state index in [-0.39, 0.29) is 17.1 Å². The summed E-state index contributed by atoms with van der Waals surface area (Å²) in [6.07, 6.45) is 10.6. The van der Waals surface area contributed by atoms with Crippen molar-refractivity contribution >= 4 is 17.9 Å². The lowest BCUT2D eigenvalue weighted by atomic mass is 9.49. The normalized spacial score (nSPS) is 32.0. The second kappa shape index (κ2) is 6.86. The Morgan fingerprint density at radius 1 is 1.04 bits per heavy atom. The minimum absolute atomic E-state index is 0.125. The summed E-state index contributed by atoms with van der Waals surface area (Å²) in [5, 5.41) is 0. The zero-order valence-corrected chi connectivity index (χ0v) is 14.8. The third-order valence-corrected chi connectivity index (χ3v) is 6.35. The molecule has 0 unspecified atom stereocenters. The minimum atomic E-state index is -0.466. The van der Waals surface area contributed by atoms with E-state index in [1.165, 1.54) is 37.5 Å². The summed E-state index contributed by atoms with van der Waals surface area (Å²) in [5.74, 6) is 1.42. The maximum absolute atomic E-state index is 13.5. The van der Waals surface area contributed by atoms with Gasteiger partial charge in [-0.3, -0.25) is 20.4 Å². The van der Waals surface area contributed by atoms with E-state index in [1.807, 2.05) is 0 Å². The summed E-state index contributed by atoms with van der Waals surface area (Å²) >= 11 is 0. The van der Waals surface area contributed by atoms with Crippen molar-refractivity contribution in [2.45, 2.75) is 44.9 Å². The molecule has 4 saturated carbocycles. The quantitative estimate of drug-likeness (QED) is 0.640. The molecule has 4 nitrogen and oxygen atoms in total. The van der Waals surface area contributed by atoms with Crippen molar-refractivity contribution in [3.05, 3.63) is 41.7 Å². The van der Waals surface area contributed by atoms with E-state index >= 15 is 0 Å². The molecule has 4 aliphatic carbocycles. The summed E-state index contributed by atoms with van der Waals surface area (Å²) in [6.45, 7) is 0. The van der Waals surface area contributed by atoms with E-state index < -0.39 is 5.91 Å². The molecule has 0 radical (unpaired) electrons. The van der Waals surface area contributed by atoms with Gasteiger partial charge in [0, 0.05) is 18.1 Å². The Labute approximate surface area is 153 Å². The van der Waals surface area contributed by atoms with Crippen LogP contribution in [-0.2, 0) is 9.59 Å². The van der Waals surface area contributed by atoms with Crippen molar-refractivity contribution in [3.8, 4) is 0 Å². The second-order valence-electron chi connectivity index (χ2n) is 8.49. The lowest BCUT2D eigenvalue weighted by molar-refractivity contribution is -0.133. The summed E-state index contributed by atoms with van der Waals surface area (Å²) in [4.78, 5) is 24.2. The number of carbonyl (C=O) groups is 2. The van der Waals surface area contributed by atoms with Crippen LogP contribution in [0.15, 0.2) is 30.3 Å². The first-order valence-corrected chi connectivity index (χ1v) is 9.53. The fourth-order valence-electron chi connectivity index (χ4n) is 5.84. The molecule has 1 aromatic carbocycles. The molecule has 0 saturated heterocycles. The van der Waals surface area contributed by atoms with Gasteiger partial charge in [-0.1, -0.05) is 18.2 Å². The number of hydrogen-bond donors (Lipinski definition) is 2. The third-order valence-electron chi connectivity index (χ3n) is 6.35. The number of halogens is 1. The number of rotatable bonds is 4. The maximum atomic E-state index is 13.5. The molecule has 1 aromatic rings. The van der Waals surface area contributed by atoms with E-state index in [0.29, 0.717) is 12.0 Å². The molecule has 0 atom stereocenters. The SMILES string of the molecule is O=C(/C=C/c1ccccc1F)NNC(=O)CC12CC3CC(CC(C3)C1)C2. The average molecular weight is 356 g/mol. The van der Waals surface area contributed by atoms with Gasteiger partial charge in [0.05, 0.1) is 0 Å². The molecule has 0 heterocycles.